The Morgan fingerprint density at radius 2 is 0.782 bits per heavy atom. The highest BCUT2D eigenvalue weighted by molar-refractivity contribution is 7.27. The number of fused-ring (bicyclic) bond motifs is 27. The van der Waals surface area contributed by atoms with Gasteiger partial charge in [-0.05, 0) is 197 Å². The van der Waals surface area contributed by atoms with E-state index in [0.29, 0.717) is 40.5 Å². The minimum absolute atomic E-state index is 0.112. The number of rotatable bonds is 10. The van der Waals surface area contributed by atoms with Crippen molar-refractivity contribution >= 4 is 203 Å². The molecule has 8 aromatic heterocycles. The second-order valence-electron chi connectivity index (χ2n) is 35.2. The number of aryl methyl sites for hydroxylation is 1. The number of hydrogen-bond acceptors (Lipinski definition) is 11. The van der Waals surface area contributed by atoms with E-state index in [0.717, 1.165) is 171 Å². The maximum atomic E-state index is 7.35. The van der Waals surface area contributed by atoms with Crippen LogP contribution in [0.3, 0.4) is 0 Å². The molecule has 1 aliphatic carbocycles. The van der Waals surface area contributed by atoms with Crippen LogP contribution in [0.5, 0.6) is 0 Å². The average Bonchev–Trinajstić information content (AvgIpc) is 1.57. The Morgan fingerprint density at radius 3 is 1.56 bits per heavy atom. The minimum atomic E-state index is -0.112. The van der Waals surface area contributed by atoms with Gasteiger partial charge in [-0.15, -0.1) is 34.0 Å². The third kappa shape index (κ3) is 11.5. The molecule has 0 amide bonds. The molecule has 133 heavy (non-hydrogen) atoms. The van der Waals surface area contributed by atoms with Crippen molar-refractivity contribution < 1.29 is 8.83 Å². The Hall–Kier alpha value is -16.5. The van der Waals surface area contributed by atoms with E-state index in [-0.39, 0.29) is 5.92 Å². The summed E-state index contributed by atoms with van der Waals surface area (Å²) in [5.74, 6) is 3.20. The van der Waals surface area contributed by atoms with E-state index in [4.69, 9.17) is 38.7 Å². The maximum Gasteiger partial charge on any atom is 0.170 e. The third-order valence-corrected chi connectivity index (χ3v) is 31.4. The number of para-hydroxylation sites is 2. The monoisotopic (exact) mass is 1750 g/mol. The normalized spacial score (nSPS) is 13.1. The molecule has 1 atom stereocenters. The van der Waals surface area contributed by atoms with Gasteiger partial charge >= 0.3 is 0 Å². The lowest BCUT2D eigenvalue weighted by molar-refractivity contribution is 0.666. The highest BCUT2D eigenvalue weighted by Gasteiger charge is 2.34. The lowest BCUT2D eigenvalue weighted by atomic mass is 9.80. The molecule has 9 nitrogen and oxygen atoms in total. The van der Waals surface area contributed by atoms with E-state index in [2.05, 4.69) is 387 Å². The van der Waals surface area contributed by atoms with Crippen molar-refractivity contribution in [3.8, 4) is 107 Å². The fourth-order valence-electron chi connectivity index (χ4n) is 21.9. The summed E-state index contributed by atoms with van der Waals surface area (Å²) in [4.78, 5) is 34.6. The van der Waals surface area contributed by atoms with Crippen molar-refractivity contribution in [2.45, 2.75) is 18.8 Å². The number of benzene rings is 20. The van der Waals surface area contributed by atoms with Crippen LogP contribution >= 0.6 is 34.0 Å². The van der Waals surface area contributed by atoms with Gasteiger partial charge in [0, 0.05) is 121 Å². The fraction of sp³-hybridized carbons (Fsp3) is 0.0248. The maximum absolute atomic E-state index is 7.35. The molecule has 29 rings (SSSR count). The first-order chi connectivity index (χ1) is 65.9. The Labute approximate surface area is 771 Å². The van der Waals surface area contributed by atoms with E-state index in [1.165, 1.54) is 94.9 Å². The molecular weight excluding hydrogens is 1680 g/mol. The van der Waals surface area contributed by atoms with Gasteiger partial charge in [0.15, 0.2) is 34.9 Å². The number of nitrogens with zero attached hydrogens (tertiary/aromatic N) is 7. The van der Waals surface area contributed by atoms with E-state index in [1.54, 1.807) is 22.7 Å². The summed E-state index contributed by atoms with van der Waals surface area (Å²) in [7, 11) is 0. The minimum Gasteiger partial charge on any atom is -0.455 e. The van der Waals surface area contributed by atoms with E-state index < -0.39 is 0 Å². The molecule has 0 unspecified atom stereocenters. The molecule has 0 radical (unpaired) electrons. The number of furan rings is 2. The van der Waals surface area contributed by atoms with Crippen molar-refractivity contribution in [3.05, 3.63) is 405 Å². The van der Waals surface area contributed by atoms with Gasteiger partial charge < -0.3 is 13.4 Å². The SMILES string of the molecule is c1ccc(-c2cccc(-c3nc(-c4ccc5c(c4)sc4ccc(-c6cccc7c6sc6cccc(-c8nc(-c9c([C@H]%10CCc%11cc%12ccccc%12cc%11-c%11ccc%12ccccc%12c%11%10)ccc%10c9oc9ccccc9%10)nc(-c9cccc%10sc%11ccccc%11c9%10)n8)c67)cc45)nc(-c4c(-n5c6cc7ccccc7cc6c6c7ccccc7ccc65)ccc5c4oc4ccccc45)n3)c2)cc1. The van der Waals surface area contributed by atoms with Crippen molar-refractivity contribution in [2.24, 2.45) is 0 Å². The summed E-state index contributed by atoms with van der Waals surface area (Å²) in [5, 5.41) is 22.8. The summed E-state index contributed by atoms with van der Waals surface area (Å²) in [6.45, 7) is 0. The zero-order chi connectivity index (χ0) is 86.8. The lowest BCUT2D eigenvalue weighted by Gasteiger charge is -2.24. The predicted octanol–water partition coefficient (Wildman–Crippen LogP) is 33.8. The number of thiophene rings is 3. The Kier molecular flexibility index (Phi) is 16.2. The second-order valence-corrected chi connectivity index (χ2v) is 38.4. The van der Waals surface area contributed by atoms with Crippen LogP contribution in [-0.4, -0.2) is 34.5 Å². The predicted molar refractivity (Wildman–Crippen MR) is 556 cm³/mol. The summed E-state index contributed by atoms with van der Waals surface area (Å²) in [6.07, 6.45) is 1.69. The van der Waals surface area contributed by atoms with Crippen LogP contribution in [0.4, 0.5) is 0 Å². The molecule has 0 saturated carbocycles. The summed E-state index contributed by atoms with van der Waals surface area (Å²) in [5.41, 5.74) is 22.0. The van der Waals surface area contributed by atoms with Gasteiger partial charge in [0.1, 0.15) is 22.3 Å². The van der Waals surface area contributed by atoms with E-state index >= 15 is 0 Å². The standard InChI is InChI=1S/C121H69N7O2S3/c1-2-22-67(23-3-1)70-30-18-31-77(61-70)116-122-117(124-121(123-116)112-98(58-56-89-83-35-13-16-42-101(83)130-114(89)112)128-97-57-49-69-25-9-11-33-80(69)108(97)96-63-73-28-6-7-29-74(73)65-99(96)128)78-48-51-84-95-64-76(50-59-103(95)132-106(84)66-78)81-37-19-38-91-110-93(40-21-45-105(110)133-115(81)91)119-125-118(92-39-20-44-104-109(92)90-36-14-17-43-102(90)131-104)126-120(127-119)111-86(54-55-88-82-34-12-15-41-100(82)129-113(88)111)85-53-47-75-60-71-26-4-5-27-72(71)62-94(75)87-52-46-68-24-8-10-32-79(68)107(85)87/h1-46,48-52,54-66,85H,47,53H2/t85-/m1/s1. The lowest BCUT2D eigenvalue weighted by Crippen LogP contribution is -2.08. The molecule has 1 aliphatic rings. The fourth-order valence-corrected chi connectivity index (χ4v) is 25.4. The van der Waals surface area contributed by atoms with Crippen LogP contribution in [-0.2, 0) is 6.42 Å². The van der Waals surface area contributed by atoms with Gasteiger partial charge in [-0.1, -0.05) is 297 Å². The van der Waals surface area contributed by atoms with Crippen LogP contribution in [0.15, 0.2) is 397 Å². The zero-order valence-corrected chi connectivity index (χ0v) is 73.6. The molecule has 28 aromatic rings. The van der Waals surface area contributed by atoms with Crippen molar-refractivity contribution in [3.63, 3.8) is 0 Å². The molecule has 0 aliphatic heterocycles. The van der Waals surface area contributed by atoms with E-state index in [9.17, 15) is 0 Å². The number of aromatic nitrogens is 7. The van der Waals surface area contributed by atoms with Crippen LogP contribution in [0, 0.1) is 0 Å². The molecule has 8 heterocycles. The molecule has 618 valence electrons. The van der Waals surface area contributed by atoms with Crippen LogP contribution in [0.2, 0.25) is 0 Å². The summed E-state index contributed by atoms with van der Waals surface area (Å²) >= 11 is 5.40. The molecular formula is C121H69N7O2S3. The Bertz CT molecular complexity index is 9920. The van der Waals surface area contributed by atoms with Crippen LogP contribution < -0.4 is 0 Å². The van der Waals surface area contributed by atoms with Gasteiger partial charge in [0.2, 0.25) is 0 Å². The largest absolute Gasteiger partial charge is 0.455 e. The topological polar surface area (TPSA) is 109 Å². The van der Waals surface area contributed by atoms with Gasteiger partial charge in [0.25, 0.3) is 0 Å². The van der Waals surface area contributed by atoms with E-state index in [1.807, 2.05) is 17.4 Å². The highest BCUT2D eigenvalue weighted by Crippen LogP contribution is 2.54. The third-order valence-electron chi connectivity index (χ3n) is 27.9. The van der Waals surface area contributed by atoms with Gasteiger partial charge in [-0.3, -0.25) is 0 Å². The Morgan fingerprint density at radius 1 is 0.256 bits per heavy atom. The van der Waals surface area contributed by atoms with Crippen molar-refractivity contribution in [1.82, 2.24) is 34.5 Å². The number of hydrogen-bond donors (Lipinski definition) is 0. The first kappa shape index (κ1) is 74.4. The molecule has 0 fully saturated rings. The summed E-state index contributed by atoms with van der Waals surface area (Å²) in [6, 6.07) is 141. The quantitative estimate of drug-likeness (QED) is 0.133. The smallest absolute Gasteiger partial charge is 0.170 e. The molecule has 0 saturated heterocycles. The van der Waals surface area contributed by atoms with Crippen LogP contribution in [0.1, 0.15) is 29.0 Å². The molecule has 20 aromatic carbocycles. The first-order valence-electron chi connectivity index (χ1n) is 45.2. The van der Waals surface area contributed by atoms with Crippen LogP contribution in [0.25, 0.3) is 277 Å². The van der Waals surface area contributed by atoms with Gasteiger partial charge in [0.05, 0.1) is 27.8 Å². The second kappa shape index (κ2) is 29.0. The molecule has 0 N–H and O–H groups in total. The highest BCUT2D eigenvalue weighted by atomic mass is 32.1. The molecule has 0 bridgehead atoms. The zero-order valence-electron chi connectivity index (χ0n) is 71.1. The molecule has 12 heteroatoms. The van der Waals surface area contributed by atoms with Gasteiger partial charge in [-0.2, -0.15) is 0 Å². The van der Waals surface area contributed by atoms with Crippen molar-refractivity contribution in [1.29, 1.82) is 0 Å². The molecule has 0 spiro atoms. The first-order valence-corrected chi connectivity index (χ1v) is 47.6. The average molecular weight is 1750 g/mol. The van der Waals surface area contributed by atoms with Crippen molar-refractivity contribution in [2.75, 3.05) is 0 Å². The van der Waals surface area contributed by atoms with Gasteiger partial charge in [-0.25, -0.2) is 29.9 Å². The summed E-state index contributed by atoms with van der Waals surface area (Å²) < 4.78 is 23.9. The Balaban J connectivity index is 0.600.